The Morgan fingerprint density at radius 1 is 0.800 bits per heavy atom. The maximum absolute atomic E-state index is 13.5. The molecule has 5 aromatic rings. The molecule has 0 radical (unpaired) electrons. The molecule has 4 nitrogen and oxygen atoms in total. The number of aromatic nitrogens is 1. The van der Waals surface area contributed by atoms with Crippen LogP contribution in [0.1, 0.15) is 35.7 Å². The number of amides is 1. The molecular weight excluding hydrogens is 452 g/mol. The molecule has 4 aromatic carbocycles. The average molecular weight is 477 g/mol. The topological polar surface area (TPSA) is 51.4 Å². The molecule has 0 saturated heterocycles. The maximum atomic E-state index is 13.5. The summed E-state index contributed by atoms with van der Waals surface area (Å²) in [4.78, 5) is 32.5. The van der Waals surface area contributed by atoms with Crippen molar-refractivity contribution in [3.63, 3.8) is 0 Å². The van der Waals surface area contributed by atoms with Gasteiger partial charge in [0.05, 0.1) is 5.69 Å². The van der Waals surface area contributed by atoms with Crippen LogP contribution < -0.4 is 10.4 Å². The predicted molar refractivity (Wildman–Crippen MR) is 143 cm³/mol. The third kappa shape index (κ3) is 4.63. The minimum Gasteiger partial charge on any atom is -0.269 e. The van der Waals surface area contributed by atoms with Crippen LogP contribution >= 0.6 is 11.3 Å². The van der Waals surface area contributed by atoms with Gasteiger partial charge in [-0.05, 0) is 46.0 Å². The van der Waals surface area contributed by atoms with Crippen LogP contribution in [0, 0.1) is 0 Å². The lowest BCUT2D eigenvalue weighted by Crippen LogP contribution is -2.31. The van der Waals surface area contributed by atoms with Gasteiger partial charge >= 0.3 is 0 Å². The van der Waals surface area contributed by atoms with Crippen molar-refractivity contribution >= 4 is 28.0 Å². The molecule has 1 amide bonds. The SMILES string of the molecule is CC(C)c1ccccc1-n1c(=O)cc(-c2ccccc2)s/c1=N\C(=O)c1ccc2ccccc2c1. The minimum atomic E-state index is -0.382. The third-order valence-corrected chi connectivity index (χ3v) is 6.95. The Kier molecular flexibility index (Phi) is 6.25. The van der Waals surface area contributed by atoms with Crippen LogP contribution in [0.3, 0.4) is 0 Å². The lowest BCUT2D eigenvalue weighted by molar-refractivity contribution is 0.0998. The molecule has 1 aromatic heterocycles. The van der Waals surface area contributed by atoms with E-state index in [0.29, 0.717) is 10.4 Å². The Balaban J connectivity index is 1.75. The van der Waals surface area contributed by atoms with E-state index in [4.69, 9.17) is 0 Å². The van der Waals surface area contributed by atoms with Gasteiger partial charge in [0.1, 0.15) is 0 Å². The number of carbonyl (C=O) groups excluding carboxylic acids is 1. The van der Waals surface area contributed by atoms with E-state index >= 15 is 0 Å². The van der Waals surface area contributed by atoms with E-state index in [1.165, 1.54) is 11.3 Å². The number of hydrogen-bond donors (Lipinski definition) is 0. The maximum Gasteiger partial charge on any atom is 0.279 e. The summed E-state index contributed by atoms with van der Waals surface area (Å²) in [7, 11) is 0. The summed E-state index contributed by atoms with van der Waals surface area (Å²) in [5.74, 6) is -0.187. The molecule has 172 valence electrons. The first-order chi connectivity index (χ1) is 17.0. The highest BCUT2D eigenvalue weighted by molar-refractivity contribution is 7.12. The van der Waals surface area contributed by atoms with E-state index in [1.54, 1.807) is 16.7 Å². The normalized spacial score (nSPS) is 11.8. The Hall–Kier alpha value is -4.09. The summed E-state index contributed by atoms with van der Waals surface area (Å²) >= 11 is 1.33. The fourth-order valence-corrected chi connectivity index (χ4v) is 5.16. The highest BCUT2D eigenvalue weighted by Crippen LogP contribution is 2.24. The monoisotopic (exact) mass is 476 g/mol. The van der Waals surface area contributed by atoms with Crippen molar-refractivity contribution in [1.82, 2.24) is 4.57 Å². The molecular formula is C30H24N2O2S. The highest BCUT2D eigenvalue weighted by atomic mass is 32.1. The smallest absolute Gasteiger partial charge is 0.269 e. The average Bonchev–Trinajstić information content (AvgIpc) is 2.88. The molecule has 0 fully saturated rings. The molecule has 0 unspecified atom stereocenters. The minimum absolute atomic E-state index is 0.195. The lowest BCUT2D eigenvalue weighted by atomic mass is 10.0. The predicted octanol–water partition coefficient (Wildman–Crippen LogP) is 6.58. The largest absolute Gasteiger partial charge is 0.279 e. The molecule has 0 N–H and O–H groups in total. The standard InChI is InChI=1S/C30H24N2O2S/c1-20(2)25-14-8-9-15-26(25)32-28(33)19-27(22-11-4-3-5-12-22)35-30(32)31-29(34)24-17-16-21-10-6-7-13-23(21)18-24/h3-20H,1-2H3/b31-30-. The van der Waals surface area contributed by atoms with Crippen molar-refractivity contribution in [3.05, 3.63) is 129 Å². The Bertz CT molecular complexity index is 1660. The van der Waals surface area contributed by atoms with E-state index in [-0.39, 0.29) is 17.4 Å². The fourth-order valence-electron chi connectivity index (χ4n) is 4.14. The number of carbonyl (C=O) groups is 1. The van der Waals surface area contributed by atoms with Crippen LogP contribution in [-0.2, 0) is 0 Å². The highest BCUT2D eigenvalue weighted by Gasteiger charge is 2.15. The number of hydrogen-bond acceptors (Lipinski definition) is 3. The van der Waals surface area contributed by atoms with Gasteiger partial charge in [-0.1, -0.05) is 104 Å². The van der Waals surface area contributed by atoms with Crippen LogP contribution in [0.25, 0.3) is 26.9 Å². The Morgan fingerprint density at radius 2 is 1.49 bits per heavy atom. The molecule has 0 spiro atoms. The molecule has 35 heavy (non-hydrogen) atoms. The van der Waals surface area contributed by atoms with Crippen molar-refractivity contribution in [3.8, 4) is 16.1 Å². The van der Waals surface area contributed by atoms with E-state index < -0.39 is 0 Å². The fraction of sp³-hybridized carbons (Fsp3) is 0.100. The quantitative estimate of drug-likeness (QED) is 0.294. The van der Waals surface area contributed by atoms with Crippen molar-refractivity contribution < 1.29 is 4.79 Å². The van der Waals surface area contributed by atoms with Gasteiger partial charge in [0.15, 0.2) is 0 Å². The Morgan fingerprint density at radius 3 is 2.26 bits per heavy atom. The second kappa shape index (κ2) is 9.65. The third-order valence-electron chi connectivity index (χ3n) is 5.92. The zero-order valence-corrected chi connectivity index (χ0v) is 20.3. The molecule has 0 aliphatic carbocycles. The van der Waals surface area contributed by atoms with Crippen LogP contribution in [0.4, 0.5) is 0 Å². The molecule has 0 saturated carbocycles. The van der Waals surface area contributed by atoms with Crippen molar-refractivity contribution in [2.75, 3.05) is 0 Å². The summed E-state index contributed by atoms with van der Waals surface area (Å²) in [5.41, 5.74) is 2.93. The van der Waals surface area contributed by atoms with Crippen molar-refractivity contribution in [1.29, 1.82) is 0 Å². The van der Waals surface area contributed by atoms with Gasteiger partial charge in [0, 0.05) is 16.5 Å². The van der Waals surface area contributed by atoms with E-state index in [0.717, 1.165) is 32.5 Å². The van der Waals surface area contributed by atoms with E-state index in [2.05, 4.69) is 18.8 Å². The second-order valence-corrected chi connectivity index (χ2v) is 9.63. The van der Waals surface area contributed by atoms with Gasteiger partial charge < -0.3 is 0 Å². The lowest BCUT2D eigenvalue weighted by Gasteiger charge is -2.15. The van der Waals surface area contributed by atoms with Crippen molar-refractivity contribution in [2.45, 2.75) is 19.8 Å². The molecule has 5 rings (SSSR count). The van der Waals surface area contributed by atoms with E-state index in [1.807, 2.05) is 91.0 Å². The summed E-state index contributed by atoms with van der Waals surface area (Å²) < 4.78 is 1.56. The van der Waals surface area contributed by atoms with Crippen LogP contribution in [0.2, 0.25) is 0 Å². The van der Waals surface area contributed by atoms with Gasteiger partial charge in [-0.3, -0.25) is 14.2 Å². The van der Waals surface area contributed by atoms with Gasteiger partial charge in [-0.25, -0.2) is 0 Å². The second-order valence-electron chi connectivity index (χ2n) is 8.63. The summed E-state index contributed by atoms with van der Waals surface area (Å²) in [5, 5.41) is 2.03. The summed E-state index contributed by atoms with van der Waals surface area (Å²) in [6, 6.07) is 32.5. The van der Waals surface area contributed by atoms with Crippen LogP contribution in [0.15, 0.2) is 113 Å². The van der Waals surface area contributed by atoms with Crippen LogP contribution in [0.5, 0.6) is 0 Å². The summed E-state index contributed by atoms with van der Waals surface area (Å²) in [6.07, 6.45) is 0. The number of benzene rings is 4. The Labute approximate surface area is 207 Å². The zero-order valence-electron chi connectivity index (χ0n) is 19.5. The number of rotatable bonds is 4. The number of para-hydroxylation sites is 1. The molecule has 1 heterocycles. The zero-order chi connectivity index (χ0) is 24.4. The molecule has 0 bridgehead atoms. The number of nitrogens with zero attached hydrogens (tertiary/aromatic N) is 2. The first kappa shape index (κ1) is 22.7. The van der Waals surface area contributed by atoms with E-state index in [9.17, 15) is 9.59 Å². The molecule has 0 atom stereocenters. The molecule has 0 aliphatic rings. The summed E-state index contributed by atoms with van der Waals surface area (Å²) in [6.45, 7) is 4.17. The molecule has 5 heteroatoms. The van der Waals surface area contributed by atoms with Gasteiger partial charge in [-0.15, -0.1) is 0 Å². The van der Waals surface area contributed by atoms with Gasteiger partial charge in [0.2, 0.25) is 4.80 Å². The van der Waals surface area contributed by atoms with Gasteiger partial charge in [0.25, 0.3) is 11.5 Å². The first-order valence-corrected chi connectivity index (χ1v) is 12.3. The molecule has 0 aliphatic heterocycles. The number of fused-ring (bicyclic) bond motifs is 1. The van der Waals surface area contributed by atoms with Gasteiger partial charge in [-0.2, -0.15) is 4.99 Å². The van der Waals surface area contributed by atoms with Crippen molar-refractivity contribution in [2.24, 2.45) is 4.99 Å². The van der Waals surface area contributed by atoms with Crippen LogP contribution in [-0.4, -0.2) is 10.5 Å². The first-order valence-electron chi connectivity index (χ1n) is 11.5.